The third-order valence-corrected chi connectivity index (χ3v) is 5.23. The van der Waals surface area contributed by atoms with Crippen molar-refractivity contribution >= 4 is 23.3 Å². The number of carbonyl (C=O) groups is 2. The van der Waals surface area contributed by atoms with E-state index >= 15 is 0 Å². The van der Waals surface area contributed by atoms with E-state index in [0.29, 0.717) is 17.7 Å². The van der Waals surface area contributed by atoms with Crippen molar-refractivity contribution in [3.8, 4) is 0 Å². The Labute approximate surface area is 176 Å². The van der Waals surface area contributed by atoms with Crippen molar-refractivity contribution in [3.05, 3.63) is 53.6 Å². The first kappa shape index (κ1) is 21.7. The number of aromatic nitrogens is 1. The number of aryl methyl sites for hydroxylation is 2. The molecule has 1 aliphatic rings. The summed E-state index contributed by atoms with van der Waals surface area (Å²) >= 11 is 0. The van der Waals surface area contributed by atoms with Crippen molar-refractivity contribution in [3.63, 3.8) is 0 Å². The SMILES string of the molecule is CC(=O)N1CCN(CCCc2cccc(NC(=O)Nc3ccc(C)nc3)c2F)CC1. The molecule has 30 heavy (non-hydrogen) atoms. The van der Waals surface area contributed by atoms with Gasteiger partial charge >= 0.3 is 6.03 Å². The lowest BCUT2D eigenvalue weighted by atomic mass is 10.1. The van der Waals surface area contributed by atoms with Crippen molar-refractivity contribution in [2.24, 2.45) is 0 Å². The molecule has 0 saturated carbocycles. The largest absolute Gasteiger partial charge is 0.340 e. The fourth-order valence-corrected chi connectivity index (χ4v) is 3.48. The highest BCUT2D eigenvalue weighted by atomic mass is 19.1. The number of hydrogen-bond acceptors (Lipinski definition) is 4. The second kappa shape index (κ2) is 10.2. The quantitative estimate of drug-likeness (QED) is 0.762. The first-order chi connectivity index (χ1) is 14.4. The summed E-state index contributed by atoms with van der Waals surface area (Å²) in [5.74, 6) is -0.292. The van der Waals surface area contributed by atoms with Crippen LogP contribution in [0.3, 0.4) is 0 Å². The molecule has 2 heterocycles. The molecule has 0 radical (unpaired) electrons. The van der Waals surface area contributed by atoms with Gasteiger partial charge in [-0.25, -0.2) is 9.18 Å². The second-order valence-corrected chi connectivity index (χ2v) is 7.50. The molecule has 2 N–H and O–H groups in total. The number of benzene rings is 1. The molecular formula is C22H28FN5O2. The van der Waals surface area contributed by atoms with Gasteiger partial charge in [0, 0.05) is 38.8 Å². The van der Waals surface area contributed by atoms with Gasteiger partial charge in [0.15, 0.2) is 0 Å². The summed E-state index contributed by atoms with van der Waals surface area (Å²) in [6, 6.07) is 8.05. The highest BCUT2D eigenvalue weighted by molar-refractivity contribution is 5.99. The number of hydrogen-bond donors (Lipinski definition) is 2. The molecule has 2 aromatic rings. The van der Waals surface area contributed by atoms with Gasteiger partial charge in [-0.05, 0) is 50.1 Å². The van der Waals surface area contributed by atoms with Crippen molar-refractivity contribution < 1.29 is 14.0 Å². The van der Waals surface area contributed by atoms with Gasteiger partial charge in [-0.1, -0.05) is 12.1 Å². The molecule has 0 bridgehead atoms. The molecule has 7 nitrogen and oxygen atoms in total. The maximum atomic E-state index is 14.8. The van der Waals surface area contributed by atoms with Crippen LogP contribution < -0.4 is 10.6 Å². The molecule has 1 saturated heterocycles. The molecule has 3 amide bonds. The number of carbonyl (C=O) groups excluding carboxylic acids is 2. The zero-order valence-corrected chi connectivity index (χ0v) is 17.4. The van der Waals surface area contributed by atoms with Crippen LogP contribution in [0.4, 0.5) is 20.6 Å². The highest BCUT2D eigenvalue weighted by Crippen LogP contribution is 2.20. The Morgan fingerprint density at radius 1 is 1.10 bits per heavy atom. The van der Waals surface area contributed by atoms with Gasteiger partial charge in [-0.2, -0.15) is 0 Å². The average Bonchev–Trinajstić information content (AvgIpc) is 2.73. The fraction of sp³-hybridized carbons (Fsp3) is 0.409. The van der Waals surface area contributed by atoms with Gasteiger partial charge in [-0.3, -0.25) is 14.7 Å². The van der Waals surface area contributed by atoms with Crippen LogP contribution in [0.5, 0.6) is 0 Å². The summed E-state index contributed by atoms with van der Waals surface area (Å²) in [5.41, 5.74) is 2.12. The van der Waals surface area contributed by atoms with E-state index in [0.717, 1.165) is 44.8 Å². The summed E-state index contributed by atoms with van der Waals surface area (Å²) in [7, 11) is 0. The van der Waals surface area contributed by atoms with E-state index < -0.39 is 11.8 Å². The van der Waals surface area contributed by atoms with Crippen LogP contribution in [0.25, 0.3) is 0 Å². The Bertz CT molecular complexity index is 880. The standard InChI is InChI=1S/C22H28FN5O2/c1-16-8-9-19(15-24-16)25-22(30)26-20-7-3-5-18(21(20)23)6-4-10-27-11-13-28(14-12-27)17(2)29/h3,5,7-9,15H,4,6,10-14H2,1-2H3,(H2,25,26,30). The molecular weight excluding hydrogens is 385 g/mol. The number of nitrogens with zero attached hydrogens (tertiary/aromatic N) is 3. The van der Waals surface area contributed by atoms with Gasteiger partial charge in [-0.15, -0.1) is 0 Å². The minimum absolute atomic E-state index is 0.115. The Balaban J connectivity index is 1.49. The second-order valence-electron chi connectivity index (χ2n) is 7.50. The van der Waals surface area contributed by atoms with Crippen LogP contribution in [-0.4, -0.2) is 59.4 Å². The zero-order valence-electron chi connectivity index (χ0n) is 17.4. The van der Waals surface area contributed by atoms with Crippen LogP contribution in [-0.2, 0) is 11.2 Å². The summed E-state index contributed by atoms with van der Waals surface area (Å²) < 4.78 is 14.8. The molecule has 1 aromatic carbocycles. The van der Waals surface area contributed by atoms with Gasteiger partial charge in [0.25, 0.3) is 0 Å². The first-order valence-electron chi connectivity index (χ1n) is 10.2. The molecule has 1 fully saturated rings. The van der Waals surface area contributed by atoms with Crippen LogP contribution in [0.1, 0.15) is 24.6 Å². The lowest BCUT2D eigenvalue weighted by molar-refractivity contribution is -0.130. The van der Waals surface area contributed by atoms with E-state index in [4.69, 9.17) is 0 Å². The minimum Gasteiger partial charge on any atom is -0.340 e. The van der Waals surface area contributed by atoms with Gasteiger partial charge in [0.05, 0.1) is 17.6 Å². The predicted molar refractivity (Wildman–Crippen MR) is 115 cm³/mol. The molecule has 0 unspecified atom stereocenters. The third-order valence-electron chi connectivity index (χ3n) is 5.23. The maximum Gasteiger partial charge on any atom is 0.323 e. The number of rotatable bonds is 6. The number of nitrogens with one attached hydrogen (secondary N) is 2. The number of piperazine rings is 1. The monoisotopic (exact) mass is 413 g/mol. The van der Waals surface area contributed by atoms with Crippen molar-refractivity contribution in [1.82, 2.24) is 14.8 Å². The normalized spacial score (nSPS) is 14.4. The van der Waals surface area contributed by atoms with E-state index in [2.05, 4.69) is 20.5 Å². The molecule has 0 atom stereocenters. The van der Waals surface area contributed by atoms with E-state index in [1.54, 1.807) is 43.5 Å². The van der Waals surface area contributed by atoms with Crippen LogP contribution in [0.15, 0.2) is 36.5 Å². The van der Waals surface area contributed by atoms with E-state index in [9.17, 15) is 14.0 Å². The Kier molecular flexibility index (Phi) is 7.35. The van der Waals surface area contributed by atoms with Gasteiger partial charge in [0.2, 0.25) is 5.91 Å². The lowest BCUT2D eigenvalue weighted by Gasteiger charge is -2.34. The number of pyridine rings is 1. The van der Waals surface area contributed by atoms with Gasteiger partial charge < -0.3 is 15.5 Å². The average molecular weight is 413 g/mol. The van der Waals surface area contributed by atoms with E-state index in [1.165, 1.54) is 0 Å². The predicted octanol–water partition coefficient (Wildman–Crippen LogP) is 3.27. The number of amides is 3. The van der Waals surface area contributed by atoms with Crippen LogP contribution in [0, 0.1) is 12.7 Å². The van der Waals surface area contributed by atoms with Crippen LogP contribution >= 0.6 is 0 Å². The summed E-state index contributed by atoms with van der Waals surface area (Å²) in [4.78, 5) is 31.8. The van der Waals surface area contributed by atoms with Gasteiger partial charge in [0.1, 0.15) is 5.82 Å². The number of halogens is 1. The number of anilines is 2. The van der Waals surface area contributed by atoms with Crippen molar-refractivity contribution in [1.29, 1.82) is 0 Å². The molecule has 3 rings (SSSR count). The molecule has 0 spiro atoms. The molecule has 160 valence electrons. The lowest BCUT2D eigenvalue weighted by Crippen LogP contribution is -2.48. The minimum atomic E-state index is -0.514. The first-order valence-corrected chi connectivity index (χ1v) is 10.2. The molecule has 1 aliphatic heterocycles. The number of urea groups is 1. The highest BCUT2D eigenvalue weighted by Gasteiger charge is 2.18. The molecule has 8 heteroatoms. The van der Waals surface area contributed by atoms with E-state index in [1.807, 2.05) is 11.8 Å². The summed E-state index contributed by atoms with van der Waals surface area (Å²) in [5, 5.41) is 5.22. The van der Waals surface area contributed by atoms with Crippen molar-refractivity contribution in [2.45, 2.75) is 26.7 Å². The summed E-state index contributed by atoms with van der Waals surface area (Å²) in [6.45, 7) is 7.48. The smallest absolute Gasteiger partial charge is 0.323 e. The summed E-state index contributed by atoms with van der Waals surface area (Å²) in [6.07, 6.45) is 2.94. The fourth-order valence-electron chi connectivity index (χ4n) is 3.48. The Morgan fingerprint density at radius 3 is 2.53 bits per heavy atom. The zero-order chi connectivity index (χ0) is 21.5. The topological polar surface area (TPSA) is 77.6 Å². The van der Waals surface area contributed by atoms with Crippen molar-refractivity contribution in [2.75, 3.05) is 43.4 Å². The molecule has 0 aliphatic carbocycles. The molecule has 1 aromatic heterocycles. The third kappa shape index (κ3) is 6.00. The Morgan fingerprint density at radius 2 is 1.87 bits per heavy atom. The Hall–Kier alpha value is -3.00. The van der Waals surface area contributed by atoms with E-state index in [-0.39, 0.29) is 11.6 Å². The maximum absolute atomic E-state index is 14.8. The van der Waals surface area contributed by atoms with Crippen LogP contribution in [0.2, 0.25) is 0 Å².